The Labute approximate surface area is 54.3 Å². The van der Waals surface area contributed by atoms with E-state index >= 15 is 0 Å². The smallest absolute Gasteiger partial charge is 0.149 e. The van der Waals surface area contributed by atoms with Gasteiger partial charge in [0.05, 0.1) is 12.7 Å². The second kappa shape index (κ2) is 3.80. The van der Waals surface area contributed by atoms with E-state index in [1.807, 2.05) is 0 Å². The third kappa shape index (κ3) is 2.77. The fraction of sp³-hybridized carbons (Fsp3) is 1.00. The van der Waals surface area contributed by atoms with E-state index in [2.05, 4.69) is 0 Å². The first-order chi connectivity index (χ1) is 4.09. The lowest BCUT2D eigenvalue weighted by Gasteiger charge is -2.16. The Hall–Kier alpha value is -0.150. The third-order valence-corrected chi connectivity index (χ3v) is 1.23. The lowest BCUT2D eigenvalue weighted by Crippen LogP contribution is -2.29. The molecule has 0 amide bonds. The standard InChI is InChI=1S/C6H13FO2/c1-4(2)6(9)5(7)3-8/h4-6,8-9H,3H2,1-2H3. The van der Waals surface area contributed by atoms with Crippen molar-refractivity contribution in [3.8, 4) is 0 Å². The molecule has 0 aliphatic heterocycles. The average molecular weight is 136 g/mol. The van der Waals surface area contributed by atoms with Crippen molar-refractivity contribution in [1.82, 2.24) is 0 Å². The van der Waals surface area contributed by atoms with Crippen LogP contribution >= 0.6 is 0 Å². The summed E-state index contributed by atoms with van der Waals surface area (Å²) in [4.78, 5) is 0. The molecule has 56 valence electrons. The number of hydrogen-bond acceptors (Lipinski definition) is 2. The van der Waals surface area contributed by atoms with Crippen molar-refractivity contribution in [2.75, 3.05) is 6.61 Å². The zero-order valence-electron chi connectivity index (χ0n) is 5.71. The van der Waals surface area contributed by atoms with E-state index in [1.54, 1.807) is 13.8 Å². The van der Waals surface area contributed by atoms with Crippen LogP contribution in [-0.4, -0.2) is 29.1 Å². The molecule has 0 aromatic heterocycles. The molecule has 2 nitrogen and oxygen atoms in total. The Kier molecular flexibility index (Phi) is 3.73. The molecule has 0 saturated heterocycles. The van der Waals surface area contributed by atoms with E-state index in [9.17, 15) is 4.39 Å². The molecule has 0 heterocycles. The van der Waals surface area contributed by atoms with Gasteiger partial charge < -0.3 is 10.2 Å². The molecule has 2 unspecified atom stereocenters. The van der Waals surface area contributed by atoms with Gasteiger partial charge in [-0.25, -0.2) is 4.39 Å². The van der Waals surface area contributed by atoms with Crippen LogP contribution in [0.15, 0.2) is 0 Å². The fourth-order valence-electron chi connectivity index (χ4n) is 0.526. The van der Waals surface area contributed by atoms with Crippen LogP contribution < -0.4 is 0 Å². The van der Waals surface area contributed by atoms with Crippen LogP contribution in [0.4, 0.5) is 4.39 Å². The van der Waals surface area contributed by atoms with Crippen molar-refractivity contribution >= 4 is 0 Å². The first-order valence-electron chi connectivity index (χ1n) is 3.02. The molecule has 0 aliphatic carbocycles. The summed E-state index contributed by atoms with van der Waals surface area (Å²) in [5, 5.41) is 17.1. The molecule has 0 fully saturated rings. The first kappa shape index (κ1) is 8.85. The summed E-state index contributed by atoms with van der Waals surface area (Å²) < 4.78 is 12.3. The zero-order chi connectivity index (χ0) is 7.44. The van der Waals surface area contributed by atoms with Crippen molar-refractivity contribution in [2.24, 2.45) is 5.92 Å². The summed E-state index contributed by atoms with van der Waals surface area (Å²) in [6.07, 6.45) is -2.53. The SMILES string of the molecule is CC(C)C(O)C(F)CO. The molecule has 9 heavy (non-hydrogen) atoms. The Balaban J connectivity index is 3.58. The largest absolute Gasteiger partial charge is 0.393 e. The third-order valence-electron chi connectivity index (χ3n) is 1.23. The van der Waals surface area contributed by atoms with Gasteiger partial charge in [-0.15, -0.1) is 0 Å². The molecule has 0 aromatic carbocycles. The van der Waals surface area contributed by atoms with Crippen LogP contribution in [0.3, 0.4) is 0 Å². The second-order valence-electron chi connectivity index (χ2n) is 2.43. The highest BCUT2D eigenvalue weighted by atomic mass is 19.1. The number of hydrogen-bond donors (Lipinski definition) is 2. The second-order valence-corrected chi connectivity index (χ2v) is 2.43. The predicted molar refractivity (Wildman–Crippen MR) is 32.8 cm³/mol. The average Bonchev–Trinajstić information content (AvgIpc) is 1.84. The van der Waals surface area contributed by atoms with Gasteiger partial charge in [0.1, 0.15) is 6.17 Å². The molecule has 0 spiro atoms. The van der Waals surface area contributed by atoms with E-state index in [-0.39, 0.29) is 5.92 Å². The molecule has 0 aliphatic rings. The number of aliphatic hydroxyl groups excluding tert-OH is 2. The maximum Gasteiger partial charge on any atom is 0.149 e. The number of halogens is 1. The fourth-order valence-corrected chi connectivity index (χ4v) is 0.526. The summed E-state index contributed by atoms with van der Waals surface area (Å²) in [5.41, 5.74) is 0. The minimum absolute atomic E-state index is 0.132. The highest BCUT2D eigenvalue weighted by Crippen LogP contribution is 2.08. The van der Waals surface area contributed by atoms with Gasteiger partial charge in [-0.3, -0.25) is 0 Å². The predicted octanol–water partition coefficient (Wildman–Crippen LogP) is 0.334. The van der Waals surface area contributed by atoms with Gasteiger partial charge in [-0.2, -0.15) is 0 Å². The van der Waals surface area contributed by atoms with E-state index in [0.717, 1.165) is 0 Å². The van der Waals surface area contributed by atoms with Crippen molar-refractivity contribution in [2.45, 2.75) is 26.1 Å². The summed E-state index contributed by atoms with van der Waals surface area (Å²) in [6.45, 7) is 2.80. The molecule has 0 rings (SSSR count). The van der Waals surface area contributed by atoms with E-state index in [1.165, 1.54) is 0 Å². The summed E-state index contributed by atoms with van der Waals surface area (Å²) in [7, 11) is 0. The molecular weight excluding hydrogens is 123 g/mol. The summed E-state index contributed by atoms with van der Waals surface area (Å²) in [6, 6.07) is 0. The molecule has 0 bridgehead atoms. The van der Waals surface area contributed by atoms with E-state index < -0.39 is 18.9 Å². The van der Waals surface area contributed by atoms with Crippen LogP contribution in [0.2, 0.25) is 0 Å². The van der Waals surface area contributed by atoms with Crippen LogP contribution in [0, 0.1) is 5.92 Å². The quantitative estimate of drug-likeness (QED) is 0.587. The Morgan fingerprint density at radius 3 is 2.00 bits per heavy atom. The monoisotopic (exact) mass is 136 g/mol. The number of aliphatic hydroxyl groups is 2. The zero-order valence-corrected chi connectivity index (χ0v) is 5.71. The van der Waals surface area contributed by atoms with Crippen molar-refractivity contribution in [3.05, 3.63) is 0 Å². The molecule has 0 saturated carbocycles. The Morgan fingerprint density at radius 2 is 1.89 bits per heavy atom. The van der Waals surface area contributed by atoms with Crippen LogP contribution in [0.1, 0.15) is 13.8 Å². The highest BCUT2D eigenvalue weighted by Gasteiger charge is 2.19. The molecule has 2 N–H and O–H groups in total. The normalized spacial score (nSPS) is 18.0. The van der Waals surface area contributed by atoms with Gasteiger partial charge >= 0.3 is 0 Å². The minimum Gasteiger partial charge on any atom is -0.393 e. The first-order valence-corrected chi connectivity index (χ1v) is 3.02. The maximum absolute atomic E-state index is 12.3. The van der Waals surface area contributed by atoms with Crippen LogP contribution in [-0.2, 0) is 0 Å². The van der Waals surface area contributed by atoms with Crippen molar-refractivity contribution in [3.63, 3.8) is 0 Å². The molecule has 3 heteroatoms. The van der Waals surface area contributed by atoms with Gasteiger partial charge in [0.15, 0.2) is 0 Å². The summed E-state index contributed by atoms with van der Waals surface area (Å²) >= 11 is 0. The topological polar surface area (TPSA) is 40.5 Å². The van der Waals surface area contributed by atoms with Crippen LogP contribution in [0.5, 0.6) is 0 Å². The lowest BCUT2D eigenvalue weighted by atomic mass is 10.0. The van der Waals surface area contributed by atoms with Gasteiger partial charge in [0, 0.05) is 0 Å². The Bertz CT molecular complexity index is 75.5. The van der Waals surface area contributed by atoms with E-state index in [0.29, 0.717) is 0 Å². The van der Waals surface area contributed by atoms with Gasteiger partial charge in [-0.1, -0.05) is 13.8 Å². The maximum atomic E-state index is 12.3. The highest BCUT2D eigenvalue weighted by molar-refractivity contribution is 4.68. The van der Waals surface area contributed by atoms with E-state index in [4.69, 9.17) is 10.2 Å². The van der Waals surface area contributed by atoms with Crippen LogP contribution in [0.25, 0.3) is 0 Å². The summed E-state index contributed by atoms with van der Waals surface area (Å²) in [5.74, 6) is -0.132. The Morgan fingerprint density at radius 1 is 1.44 bits per heavy atom. The minimum atomic E-state index is -1.50. The molecular formula is C6H13FO2. The van der Waals surface area contributed by atoms with Crippen molar-refractivity contribution < 1.29 is 14.6 Å². The number of rotatable bonds is 3. The molecule has 0 aromatic rings. The lowest BCUT2D eigenvalue weighted by molar-refractivity contribution is 0.0119. The van der Waals surface area contributed by atoms with Gasteiger partial charge in [0.25, 0.3) is 0 Å². The van der Waals surface area contributed by atoms with Gasteiger partial charge in [0.2, 0.25) is 0 Å². The molecule has 0 radical (unpaired) electrons. The molecule has 2 atom stereocenters. The van der Waals surface area contributed by atoms with Gasteiger partial charge in [-0.05, 0) is 5.92 Å². The van der Waals surface area contributed by atoms with Crippen molar-refractivity contribution in [1.29, 1.82) is 0 Å². The number of alkyl halides is 1.